The van der Waals surface area contributed by atoms with Gasteiger partial charge < -0.3 is 35.7 Å². The van der Waals surface area contributed by atoms with Gasteiger partial charge in [0.05, 0.1) is 23.6 Å². The molecule has 0 saturated heterocycles. The van der Waals surface area contributed by atoms with Gasteiger partial charge in [-0.1, -0.05) is 49.8 Å². The SMILES string of the molecule is CO[C@H]1/C=C\C=C(/C)C(=O)NC2=CC(=O)C(NCCN(CC=C(C)C)C34CC5CC(CC(C5)C3)C4)=C(C[C@@H](C)C[C@H](OC)[C@H](O)[C@@H](C)/C=C(\C)[C@@H]1OC(N)=O)C2=O. The molecule has 0 aromatic carbocycles. The van der Waals surface area contributed by atoms with Crippen LogP contribution in [0.1, 0.15) is 92.9 Å². The van der Waals surface area contributed by atoms with E-state index < -0.39 is 48.1 Å². The molecule has 12 heteroatoms. The van der Waals surface area contributed by atoms with Crippen molar-refractivity contribution in [3.05, 3.63) is 70.1 Å². The molecular formula is C45H66N4O8. The van der Waals surface area contributed by atoms with Gasteiger partial charge in [0.2, 0.25) is 11.6 Å². The van der Waals surface area contributed by atoms with Crippen molar-refractivity contribution in [3.63, 3.8) is 0 Å². The number of fused-ring (bicyclic) bond motifs is 2. The first kappa shape index (κ1) is 44.3. The molecule has 6 aliphatic rings. The molecule has 0 unspecified atom stereocenters. The summed E-state index contributed by atoms with van der Waals surface area (Å²) in [6.07, 6.45) is 14.1. The molecule has 6 rings (SSSR count). The van der Waals surface area contributed by atoms with Crippen LogP contribution < -0.4 is 16.4 Å². The quantitative estimate of drug-likeness (QED) is 0.162. The maximum atomic E-state index is 14.3. The van der Waals surface area contributed by atoms with Crippen molar-refractivity contribution in [2.24, 2.45) is 35.3 Å². The van der Waals surface area contributed by atoms with Crippen LogP contribution in [0.5, 0.6) is 0 Å². The summed E-state index contributed by atoms with van der Waals surface area (Å²) in [5.74, 6) is 0.379. The minimum atomic E-state index is -0.991. The molecule has 314 valence electrons. The Morgan fingerprint density at radius 1 is 1.04 bits per heavy atom. The minimum absolute atomic E-state index is 0.0902. The summed E-state index contributed by atoms with van der Waals surface area (Å²) < 4.78 is 16.9. The molecule has 6 atom stereocenters. The average molecular weight is 791 g/mol. The van der Waals surface area contributed by atoms with Crippen molar-refractivity contribution >= 4 is 23.6 Å². The van der Waals surface area contributed by atoms with Gasteiger partial charge in [0.1, 0.15) is 6.10 Å². The molecule has 0 aromatic rings. The lowest BCUT2D eigenvalue weighted by molar-refractivity contribution is -0.120. The maximum Gasteiger partial charge on any atom is 0.405 e. The van der Waals surface area contributed by atoms with Gasteiger partial charge in [-0.3, -0.25) is 19.3 Å². The molecule has 0 radical (unpaired) electrons. The Labute approximate surface area is 339 Å². The number of methoxy groups -OCH3 is 2. The fraction of sp³-hybridized carbons (Fsp3) is 0.644. The second-order valence-corrected chi connectivity index (χ2v) is 17.7. The third-order valence-electron chi connectivity index (χ3n) is 12.9. The van der Waals surface area contributed by atoms with E-state index in [0.717, 1.165) is 30.8 Å². The van der Waals surface area contributed by atoms with Gasteiger partial charge in [-0.2, -0.15) is 0 Å². The van der Waals surface area contributed by atoms with E-state index >= 15 is 0 Å². The van der Waals surface area contributed by atoms with E-state index in [4.69, 9.17) is 19.9 Å². The van der Waals surface area contributed by atoms with E-state index in [1.165, 1.54) is 70.5 Å². The Balaban J connectivity index is 1.44. The number of carbonyl (C=O) groups is 4. The third-order valence-corrected chi connectivity index (χ3v) is 12.9. The Kier molecular flexibility index (Phi) is 15.0. The lowest BCUT2D eigenvalue weighted by atomic mass is 9.52. The first-order chi connectivity index (χ1) is 27.0. The number of primary amides is 1. The van der Waals surface area contributed by atoms with Crippen LogP contribution in [-0.2, 0) is 28.6 Å². The standard InChI is InChI=1S/C45H66N4O8/c1-26(2)12-14-49(45-23-31-19-32(24-45)21-33(20-31)25-45)15-13-47-39-34-16-27(3)17-38(56-8)40(51)29(5)18-30(6)42(57-44(46)54)37(55-7)11-9-10-28(4)43(53)48-35(41(34)52)22-36(39)50/h9-12,18,22,27,29,31-33,37-38,40,42,47,51H,13-17,19-21,23-25H2,1-8H3,(H2,46,54)(H,48,53)/b11-9-,28-10+,30-18+/t27-,29+,31?,32?,33?,37+,38+,40-,42+,45?/m1/s1. The predicted molar refractivity (Wildman–Crippen MR) is 219 cm³/mol. The normalized spacial score (nSPS) is 36.1. The third kappa shape index (κ3) is 10.8. The Morgan fingerprint density at radius 3 is 2.26 bits per heavy atom. The smallest absolute Gasteiger partial charge is 0.405 e. The van der Waals surface area contributed by atoms with Crippen molar-refractivity contribution in [2.75, 3.05) is 33.9 Å². The fourth-order valence-corrected chi connectivity index (χ4v) is 10.4. The Hall–Kier alpha value is -3.84. The molecule has 0 aromatic heterocycles. The first-order valence-electron chi connectivity index (χ1n) is 20.7. The zero-order valence-corrected chi connectivity index (χ0v) is 35.3. The fourth-order valence-electron chi connectivity index (χ4n) is 10.4. The summed E-state index contributed by atoms with van der Waals surface area (Å²) in [4.78, 5) is 56.2. The molecule has 6 bridgehead atoms. The number of rotatable bonds is 10. The van der Waals surface area contributed by atoms with Crippen molar-refractivity contribution in [1.29, 1.82) is 0 Å². The van der Waals surface area contributed by atoms with E-state index in [-0.39, 0.29) is 40.6 Å². The summed E-state index contributed by atoms with van der Waals surface area (Å²) in [7, 11) is 2.98. The molecule has 5 N–H and O–H groups in total. The lowest BCUT2D eigenvalue weighted by Gasteiger charge is -2.60. The van der Waals surface area contributed by atoms with Gasteiger partial charge in [-0.05, 0) is 108 Å². The largest absolute Gasteiger partial charge is 0.439 e. The highest BCUT2D eigenvalue weighted by Crippen LogP contribution is 2.57. The highest BCUT2D eigenvalue weighted by Gasteiger charge is 2.53. The molecule has 2 amide bonds. The predicted octanol–water partition coefficient (Wildman–Crippen LogP) is 5.59. The maximum absolute atomic E-state index is 14.3. The van der Waals surface area contributed by atoms with Crippen LogP contribution in [0.15, 0.2) is 70.1 Å². The molecule has 4 fully saturated rings. The van der Waals surface area contributed by atoms with Gasteiger partial charge in [0, 0.05) is 62.5 Å². The number of hydrogen-bond donors (Lipinski definition) is 4. The number of nitrogens with one attached hydrogen (secondary N) is 2. The number of nitrogens with zero attached hydrogens (tertiary/aromatic N) is 1. The number of aliphatic hydroxyl groups excluding tert-OH is 1. The second kappa shape index (κ2) is 19.3. The molecule has 5 aliphatic carbocycles. The molecule has 4 saturated carbocycles. The van der Waals surface area contributed by atoms with Gasteiger partial charge in [-0.25, -0.2) is 4.79 Å². The zero-order valence-electron chi connectivity index (χ0n) is 35.3. The summed E-state index contributed by atoms with van der Waals surface area (Å²) in [6.45, 7) is 13.5. The molecule has 0 spiro atoms. The van der Waals surface area contributed by atoms with Gasteiger partial charge in [-0.15, -0.1) is 0 Å². The van der Waals surface area contributed by atoms with Crippen molar-refractivity contribution in [2.45, 2.75) is 123 Å². The van der Waals surface area contributed by atoms with Crippen molar-refractivity contribution in [3.8, 4) is 0 Å². The van der Waals surface area contributed by atoms with Crippen LogP contribution in [0.25, 0.3) is 0 Å². The molecule has 1 heterocycles. The highest BCUT2D eigenvalue weighted by atomic mass is 16.6. The number of Topliss-reactive ketones (excluding diaryl/α,β-unsaturated/α-hetero) is 1. The summed E-state index contributed by atoms with van der Waals surface area (Å²) in [5, 5.41) is 17.6. The molecule has 1 aliphatic heterocycles. The highest BCUT2D eigenvalue weighted by molar-refractivity contribution is 6.23. The minimum Gasteiger partial charge on any atom is -0.439 e. The molecule has 12 nitrogen and oxygen atoms in total. The van der Waals surface area contributed by atoms with E-state index in [1.807, 2.05) is 13.8 Å². The van der Waals surface area contributed by atoms with E-state index in [0.29, 0.717) is 24.1 Å². The monoisotopic (exact) mass is 790 g/mol. The summed E-state index contributed by atoms with van der Waals surface area (Å²) in [5.41, 5.74) is 8.21. The number of carbonyl (C=O) groups excluding carboxylic acids is 4. The van der Waals surface area contributed by atoms with E-state index in [9.17, 15) is 24.3 Å². The Bertz CT molecular complexity index is 1680. The Morgan fingerprint density at radius 2 is 1.68 bits per heavy atom. The number of aliphatic hydroxyl groups is 1. The topological polar surface area (TPSA) is 170 Å². The number of ketones is 2. The van der Waals surface area contributed by atoms with Crippen LogP contribution in [-0.4, -0.2) is 97.4 Å². The van der Waals surface area contributed by atoms with E-state index in [2.05, 4.69) is 35.5 Å². The van der Waals surface area contributed by atoms with Crippen LogP contribution in [0, 0.1) is 29.6 Å². The van der Waals surface area contributed by atoms with Crippen molar-refractivity contribution < 1.29 is 38.5 Å². The molecular weight excluding hydrogens is 725 g/mol. The van der Waals surface area contributed by atoms with Crippen molar-refractivity contribution in [1.82, 2.24) is 15.5 Å². The first-order valence-corrected chi connectivity index (χ1v) is 20.7. The van der Waals surface area contributed by atoms with E-state index in [1.54, 1.807) is 32.1 Å². The van der Waals surface area contributed by atoms with Gasteiger partial charge >= 0.3 is 6.09 Å². The average Bonchev–Trinajstić information content (AvgIpc) is 3.14. The van der Waals surface area contributed by atoms with Crippen LogP contribution >= 0.6 is 0 Å². The zero-order chi connectivity index (χ0) is 41.6. The van der Waals surface area contributed by atoms with Gasteiger partial charge in [0.15, 0.2) is 6.10 Å². The van der Waals surface area contributed by atoms with Crippen LogP contribution in [0.4, 0.5) is 4.79 Å². The van der Waals surface area contributed by atoms with Crippen LogP contribution in [0.2, 0.25) is 0 Å². The number of hydrogen-bond acceptors (Lipinski definition) is 10. The number of ether oxygens (including phenoxy) is 3. The summed E-state index contributed by atoms with van der Waals surface area (Å²) in [6, 6.07) is 0. The number of allylic oxidation sites excluding steroid dienone is 5. The molecule has 57 heavy (non-hydrogen) atoms. The summed E-state index contributed by atoms with van der Waals surface area (Å²) >= 11 is 0. The number of nitrogens with two attached hydrogens (primary N) is 1. The number of amides is 2. The van der Waals surface area contributed by atoms with Crippen LogP contribution in [0.3, 0.4) is 0 Å². The van der Waals surface area contributed by atoms with Gasteiger partial charge in [0.25, 0.3) is 5.91 Å². The second-order valence-electron chi connectivity index (χ2n) is 17.7. The lowest BCUT2D eigenvalue weighted by Crippen LogP contribution is -2.61.